The molecular weight excluding hydrogens is 220 g/mol. The summed E-state index contributed by atoms with van der Waals surface area (Å²) in [5, 5.41) is 12.0. The van der Waals surface area contributed by atoms with E-state index in [0.29, 0.717) is 24.6 Å². The van der Waals surface area contributed by atoms with E-state index >= 15 is 0 Å². The number of nitrogens with zero attached hydrogens (tertiary/aromatic N) is 3. The maximum atomic E-state index is 8.77. The summed E-state index contributed by atoms with van der Waals surface area (Å²) in [5.41, 5.74) is 1.03. The maximum absolute atomic E-state index is 8.77. The Kier molecular flexibility index (Phi) is 3.85. The Morgan fingerprint density at radius 2 is 2.53 bits per heavy atom. The van der Waals surface area contributed by atoms with Crippen LogP contribution in [0.1, 0.15) is 11.4 Å². The van der Waals surface area contributed by atoms with Gasteiger partial charge in [0.05, 0.1) is 6.61 Å². The van der Waals surface area contributed by atoms with Crippen molar-refractivity contribution in [3.63, 3.8) is 0 Å². The largest absolute Gasteiger partial charge is 0.461 e. The van der Waals surface area contributed by atoms with Crippen molar-refractivity contribution in [3.05, 3.63) is 17.5 Å². The topological polar surface area (TPSA) is 80.1 Å². The van der Waals surface area contributed by atoms with Gasteiger partial charge in [0.1, 0.15) is 24.5 Å². The van der Waals surface area contributed by atoms with E-state index in [0.717, 1.165) is 13.1 Å². The molecule has 1 unspecified atom stereocenters. The van der Waals surface area contributed by atoms with Gasteiger partial charge in [-0.15, -0.1) is 0 Å². The minimum absolute atomic E-state index is 0.0124. The lowest BCUT2D eigenvalue weighted by Gasteiger charge is -2.23. The highest BCUT2D eigenvalue weighted by atomic mass is 16.5. The van der Waals surface area contributed by atoms with Gasteiger partial charge < -0.3 is 14.8 Å². The predicted octanol–water partition coefficient (Wildman–Crippen LogP) is 0.0239. The molecule has 0 amide bonds. The Balaban J connectivity index is 1.94. The van der Waals surface area contributed by atoms with Gasteiger partial charge in [-0.2, -0.15) is 10.2 Å². The highest BCUT2D eigenvalue weighted by molar-refractivity contribution is 5.23. The number of hydrogen-bond acceptors (Lipinski definition) is 6. The number of nitrogens with one attached hydrogen (secondary N) is 1. The summed E-state index contributed by atoms with van der Waals surface area (Å²) in [6, 6.07) is 3.82. The number of aryl methyl sites for hydroxylation is 1. The van der Waals surface area contributed by atoms with E-state index in [-0.39, 0.29) is 12.1 Å². The van der Waals surface area contributed by atoms with Gasteiger partial charge in [-0.3, -0.25) is 0 Å². The van der Waals surface area contributed by atoms with Gasteiger partial charge in [-0.1, -0.05) is 0 Å². The van der Waals surface area contributed by atoms with E-state index in [1.54, 1.807) is 13.0 Å². The molecule has 1 aliphatic rings. The number of rotatable bonds is 3. The smallest absolute Gasteiger partial charge is 0.317 e. The molecule has 0 aliphatic carbocycles. The second-order valence-corrected chi connectivity index (χ2v) is 3.80. The monoisotopic (exact) mass is 234 g/mol. The molecule has 0 radical (unpaired) electrons. The lowest BCUT2D eigenvalue weighted by molar-refractivity contribution is -0.00183. The first-order valence-electron chi connectivity index (χ1n) is 5.49. The lowest BCUT2D eigenvalue weighted by atomic mass is 10.3. The fraction of sp³-hybridized carbons (Fsp3) is 0.545. The molecule has 1 aliphatic heterocycles. The van der Waals surface area contributed by atoms with Crippen LogP contribution in [-0.2, 0) is 4.74 Å². The molecule has 0 spiro atoms. The van der Waals surface area contributed by atoms with Crippen LogP contribution in [0.3, 0.4) is 0 Å². The average molecular weight is 234 g/mol. The van der Waals surface area contributed by atoms with Gasteiger partial charge in [0.15, 0.2) is 0 Å². The van der Waals surface area contributed by atoms with Gasteiger partial charge in [0, 0.05) is 18.8 Å². The maximum Gasteiger partial charge on any atom is 0.317 e. The van der Waals surface area contributed by atoms with Crippen LogP contribution in [0.25, 0.3) is 0 Å². The first-order valence-corrected chi connectivity index (χ1v) is 5.49. The van der Waals surface area contributed by atoms with Crippen molar-refractivity contribution in [2.24, 2.45) is 0 Å². The van der Waals surface area contributed by atoms with Crippen molar-refractivity contribution in [2.75, 3.05) is 26.3 Å². The summed E-state index contributed by atoms with van der Waals surface area (Å²) in [6.07, 6.45) is 0.0124. The van der Waals surface area contributed by atoms with Crippen LogP contribution in [0, 0.1) is 18.3 Å². The van der Waals surface area contributed by atoms with Crippen LogP contribution in [0.4, 0.5) is 0 Å². The molecule has 6 heteroatoms. The molecule has 2 rings (SSSR count). The SMILES string of the molecule is Cc1cc(C#N)nc(OCC2CNCCO2)n1. The summed E-state index contributed by atoms with van der Waals surface area (Å²) in [7, 11) is 0. The lowest BCUT2D eigenvalue weighted by Crippen LogP contribution is -2.41. The van der Waals surface area contributed by atoms with E-state index in [1.807, 2.05) is 6.07 Å². The fourth-order valence-electron chi connectivity index (χ4n) is 1.56. The minimum atomic E-state index is 0.0124. The van der Waals surface area contributed by atoms with Crippen molar-refractivity contribution in [1.82, 2.24) is 15.3 Å². The highest BCUT2D eigenvalue weighted by Gasteiger charge is 2.14. The van der Waals surface area contributed by atoms with Crippen LogP contribution in [0.5, 0.6) is 6.01 Å². The molecule has 2 heterocycles. The molecule has 1 saturated heterocycles. The van der Waals surface area contributed by atoms with Crippen LogP contribution in [-0.4, -0.2) is 42.4 Å². The van der Waals surface area contributed by atoms with Gasteiger partial charge in [0.25, 0.3) is 0 Å². The summed E-state index contributed by atoms with van der Waals surface area (Å²) in [6.45, 7) is 4.51. The first-order chi connectivity index (χ1) is 8.28. The van der Waals surface area contributed by atoms with E-state index < -0.39 is 0 Å². The zero-order valence-corrected chi connectivity index (χ0v) is 9.64. The quantitative estimate of drug-likeness (QED) is 0.794. The van der Waals surface area contributed by atoms with Crippen LogP contribution in [0.2, 0.25) is 0 Å². The molecule has 17 heavy (non-hydrogen) atoms. The second kappa shape index (κ2) is 5.57. The summed E-state index contributed by atoms with van der Waals surface area (Å²) in [4.78, 5) is 8.07. The van der Waals surface area contributed by atoms with Crippen molar-refractivity contribution < 1.29 is 9.47 Å². The van der Waals surface area contributed by atoms with E-state index in [2.05, 4.69) is 15.3 Å². The third-order valence-corrected chi connectivity index (χ3v) is 2.35. The average Bonchev–Trinajstić information content (AvgIpc) is 2.37. The molecule has 1 aromatic heterocycles. The molecule has 0 bridgehead atoms. The number of morpholine rings is 1. The molecule has 1 fully saturated rings. The Labute approximate surface area is 99.6 Å². The predicted molar refractivity (Wildman–Crippen MR) is 59.6 cm³/mol. The van der Waals surface area contributed by atoms with Crippen molar-refractivity contribution in [2.45, 2.75) is 13.0 Å². The number of nitriles is 1. The third kappa shape index (κ3) is 3.37. The Morgan fingerprint density at radius 1 is 1.65 bits per heavy atom. The summed E-state index contributed by atoms with van der Waals surface area (Å²) in [5.74, 6) is 0. The summed E-state index contributed by atoms with van der Waals surface area (Å²) >= 11 is 0. The van der Waals surface area contributed by atoms with Crippen LogP contribution < -0.4 is 10.1 Å². The van der Waals surface area contributed by atoms with Crippen molar-refractivity contribution in [1.29, 1.82) is 5.26 Å². The van der Waals surface area contributed by atoms with Crippen LogP contribution >= 0.6 is 0 Å². The highest BCUT2D eigenvalue weighted by Crippen LogP contribution is 2.07. The normalized spacial score (nSPS) is 19.6. The zero-order valence-electron chi connectivity index (χ0n) is 9.64. The standard InChI is InChI=1S/C11H14N4O2/c1-8-4-9(5-12)15-11(14-8)17-7-10-6-13-2-3-16-10/h4,10,13H,2-3,6-7H2,1H3. The van der Waals surface area contributed by atoms with E-state index in [9.17, 15) is 0 Å². The number of ether oxygens (including phenoxy) is 2. The second-order valence-electron chi connectivity index (χ2n) is 3.80. The van der Waals surface area contributed by atoms with Gasteiger partial charge in [-0.05, 0) is 13.0 Å². The Bertz CT molecular complexity index is 424. The van der Waals surface area contributed by atoms with Gasteiger partial charge in [0.2, 0.25) is 0 Å². The fourth-order valence-corrected chi connectivity index (χ4v) is 1.56. The summed E-state index contributed by atoms with van der Waals surface area (Å²) < 4.78 is 10.9. The molecule has 1 atom stereocenters. The molecule has 0 aromatic carbocycles. The van der Waals surface area contributed by atoms with Gasteiger partial charge in [-0.25, -0.2) is 4.98 Å². The van der Waals surface area contributed by atoms with Crippen molar-refractivity contribution in [3.8, 4) is 12.1 Å². The Hall–Kier alpha value is -1.71. The minimum Gasteiger partial charge on any atom is -0.461 e. The van der Waals surface area contributed by atoms with Gasteiger partial charge >= 0.3 is 6.01 Å². The van der Waals surface area contributed by atoms with E-state index in [4.69, 9.17) is 14.7 Å². The molecule has 90 valence electrons. The number of hydrogen-bond donors (Lipinski definition) is 1. The molecule has 0 saturated carbocycles. The van der Waals surface area contributed by atoms with Crippen molar-refractivity contribution >= 4 is 0 Å². The molecule has 6 nitrogen and oxygen atoms in total. The molecule has 1 aromatic rings. The molecular formula is C11H14N4O2. The number of aromatic nitrogens is 2. The molecule has 1 N–H and O–H groups in total. The van der Waals surface area contributed by atoms with Crippen LogP contribution in [0.15, 0.2) is 6.07 Å². The Morgan fingerprint density at radius 3 is 3.24 bits per heavy atom. The first kappa shape index (κ1) is 11.8. The zero-order chi connectivity index (χ0) is 12.1. The third-order valence-electron chi connectivity index (χ3n) is 2.35. The van der Waals surface area contributed by atoms with E-state index in [1.165, 1.54) is 0 Å².